The van der Waals surface area contributed by atoms with E-state index >= 15 is 0 Å². The molecule has 108 valence electrons. The van der Waals surface area contributed by atoms with Gasteiger partial charge in [0, 0.05) is 18.7 Å². The van der Waals surface area contributed by atoms with Gasteiger partial charge in [0.05, 0.1) is 0 Å². The van der Waals surface area contributed by atoms with E-state index in [2.05, 4.69) is 47.9 Å². The monoisotopic (exact) mass is 280 g/mol. The van der Waals surface area contributed by atoms with Crippen molar-refractivity contribution in [3.8, 4) is 0 Å². The number of aryl methyl sites for hydroxylation is 1. The molecule has 2 aromatic carbocycles. The quantitative estimate of drug-likeness (QED) is 0.907. The van der Waals surface area contributed by atoms with E-state index in [9.17, 15) is 4.79 Å². The minimum Gasteiger partial charge on any atom is -0.348 e. The molecule has 3 heteroatoms. The fraction of sp³-hybridized carbons (Fsp3) is 0.278. The van der Waals surface area contributed by atoms with Crippen LogP contribution in [0.15, 0.2) is 42.5 Å². The average Bonchev–Trinajstić information content (AvgIpc) is 2.53. The Morgan fingerprint density at radius 1 is 1.19 bits per heavy atom. The molecule has 1 heterocycles. The first-order valence-corrected chi connectivity index (χ1v) is 7.39. The lowest BCUT2D eigenvalue weighted by Crippen LogP contribution is -2.29. The molecule has 0 saturated carbocycles. The fourth-order valence-corrected chi connectivity index (χ4v) is 2.71. The van der Waals surface area contributed by atoms with Crippen molar-refractivity contribution in [2.24, 2.45) is 0 Å². The minimum atomic E-state index is 0.0103. The molecular formula is C18H20N2O. The molecule has 2 aromatic rings. The Bertz CT molecular complexity index is 647. The second-order valence-electron chi connectivity index (χ2n) is 5.54. The number of hydrogen-bond acceptors (Lipinski definition) is 2. The van der Waals surface area contributed by atoms with Gasteiger partial charge in [-0.05, 0) is 42.6 Å². The number of nitrogens with one attached hydrogen (secondary N) is 2. The molecule has 0 bridgehead atoms. The number of rotatable bonds is 3. The molecule has 0 spiro atoms. The number of benzene rings is 2. The summed E-state index contributed by atoms with van der Waals surface area (Å²) >= 11 is 0. The zero-order valence-corrected chi connectivity index (χ0v) is 12.3. The Morgan fingerprint density at radius 3 is 2.81 bits per heavy atom. The van der Waals surface area contributed by atoms with Gasteiger partial charge >= 0.3 is 0 Å². The van der Waals surface area contributed by atoms with E-state index in [0.29, 0.717) is 6.54 Å². The Hall–Kier alpha value is -2.13. The van der Waals surface area contributed by atoms with E-state index in [-0.39, 0.29) is 5.91 Å². The summed E-state index contributed by atoms with van der Waals surface area (Å²) in [4.78, 5) is 12.4. The maximum Gasteiger partial charge on any atom is 0.251 e. The van der Waals surface area contributed by atoms with E-state index in [1.807, 2.05) is 12.1 Å². The van der Waals surface area contributed by atoms with Gasteiger partial charge in [-0.1, -0.05) is 42.0 Å². The highest BCUT2D eigenvalue weighted by atomic mass is 16.1. The predicted octanol–water partition coefficient (Wildman–Crippen LogP) is 2.57. The van der Waals surface area contributed by atoms with Crippen LogP contribution in [0.2, 0.25) is 0 Å². The van der Waals surface area contributed by atoms with Crippen molar-refractivity contribution in [3.05, 3.63) is 70.3 Å². The number of fused-ring (bicyclic) bond motifs is 1. The van der Waals surface area contributed by atoms with E-state index in [1.54, 1.807) is 0 Å². The standard InChI is InChI=1S/C18H20N2O/c1-13-5-7-14(8-6-13)11-20-18(21)16-4-2-3-15-9-10-19-12-17(15)16/h2-8,19H,9-12H2,1H3,(H,20,21). The Kier molecular flexibility index (Phi) is 4.02. The van der Waals surface area contributed by atoms with Crippen LogP contribution >= 0.6 is 0 Å². The number of carbonyl (C=O) groups is 1. The number of amides is 1. The van der Waals surface area contributed by atoms with Crippen LogP contribution in [-0.4, -0.2) is 12.5 Å². The third kappa shape index (κ3) is 3.14. The molecule has 0 radical (unpaired) electrons. The smallest absolute Gasteiger partial charge is 0.251 e. The maximum absolute atomic E-state index is 12.4. The van der Waals surface area contributed by atoms with Gasteiger partial charge < -0.3 is 10.6 Å². The average molecular weight is 280 g/mol. The van der Waals surface area contributed by atoms with Crippen LogP contribution in [0.3, 0.4) is 0 Å². The molecule has 0 aromatic heterocycles. The van der Waals surface area contributed by atoms with Gasteiger partial charge in [0.25, 0.3) is 5.91 Å². The summed E-state index contributed by atoms with van der Waals surface area (Å²) in [5.41, 5.74) is 5.58. The molecule has 0 atom stereocenters. The van der Waals surface area contributed by atoms with Gasteiger partial charge in [0.2, 0.25) is 0 Å². The Morgan fingerprint density at radius 2 is 2.00 bits per heavy atom. The van der Waals surface area contributed by atoms with Crippen molar-refractivity contribution in [2.45, 2.75) is 26.4 Å². The minimum absolute atomic E-state index is 0.0103. The molecule has 0 fully saturated rings. The second-order valence-corrected chi connectivity index (χ2v) is 5.54. The molecule has 1 aliphatic heterocycles. The van der Waals surface area contributed by atoms with Crippen LogP contribution in [0.4, 0.5) is 0 Å². The van der Waals surface area contributed by atoms with Gasteiger partial charge in [0.1, 0.15) is 0 Å². The van der Waals surface area contributed by atoms with Crippen molar-refractivity contribution in [1.29, 1.82) is 0 Å². The van der Waals surface area contributed by atoms with Gasteiger partial charge in [-0.3, -0.25) is 4.79 Å². The second kappa shape index (κ2) is 6.10. The molecule has 3 rings (SSSR count). The molecular weight excluding hydrogens is 260 g/mol. The van der Waals surface area contributed by atoms with Crippen molar-refractivity contribution in [2.75, 3.05) is 6.54 Å². The summed E-state index contributed by atoms with van der Waals surface area (Å²) < 4.78 is 0. The summed E-state index contributed by atoms with van der Waals surface area (Å²) in [6.07, 6.45) is 0.994. The van der Waals surface area contributed by atoms with Crippen LogP contribution in [0.1, 0.15) is 32.6 Å². The lowest BCUT2D eigenvalue weighted by atomic mass is 9.95. The highest BCUT2D eigenvalue weighted by Gasteiger charge is 2.16. The number of carbonyl (C=O) groups excluding carboxylic acids is 1. The normalized spacial score (nSPS) is 13.6. The van der Waals surface area contributed by atoms with Gasteiger partial charge in [-0.25, -0.2) is 0 Å². The van der Waals surface area contributed by atoms with Crippen molar-refractivity contribution < 1.29 is 4.79 Å². The third-order valence-corrected chi connectivity index (χ3v) is 3.96. The number of hydrogen-bond donors (Lipinski definition) is 2. The Labute approximate surface area is 125 Å². The molecule has 1 aliphatic rings. The van der Waals surface area contributed by atoms with E-state index < -0.39 is 0 Å². The van der Waals surface area contributed by atoms with E-state index in [0.717, 1.165) is 36.2 Å². The van der Waals surface area contributed by atoms with Crippen LogP contribution < -0.4 is 10.6 Å². The maximum atomic E-state index is 12.4. The molecule has 3 nitrogen and oxygen atoms in total. The first-order chi connectivity index (χ1) is 10.2. The lowest BCUT2D eigenvalue weighted by molar-refractivity contribution is 0.0949. The topological polar surface area (TPSA) is 41.1 Å². The summed E-state index contributed by atoms with van der Waals surface area (Å²) in [7, 11) is 0. The van der Waals surface area contributed by atoms with Crippen molar-refractivity contribution in [1.82, 2.24) is 10.6 Å². The fourth-order valence-electron chi connectivity index (χ4n) is 2.71. The van der Waals surface area contributed by atoms with Crippen molar-refractivity contribution in [3.63, 3.8) is 0 Å². The van der Waals surface area contributed by atoms with E-state index in [4.69, 9.17) is 0 Å². The molecule has 0 unspecified atom stereocenters. The van der Waals surface area contributed by atoms with E-state index in [1.165, 1.54) is 11.1 Å². The summed E-state index contributed by atoms with van der Waals surface area (Å²) in [5.74, 6) is 0.0103. The van der Waals surface area contributed by atoms with Crippen LogP contribution in [-0.2, 0) is 19.5 Å². The SMILES string of the molecule is Cc1ccc(CNC(=O)c2cccc3c2CNCC3)cc1. The largest absolute Gasteiger partial charge is 0.348 e. The lowest BCUT2D eigenvalue weighted by Gasteiger charge is -2.20. The summed E-state index contributed by atoms with van der Waals surface area (Å²) in [6, 6.07) is 14.2. The Balaban J connectivity index is 1.72. The zero-order valence-electron chi connectivity index (χ0n) is 12.3. The van der Waals surface area contributed by atoms with Gasteiger partial charge in [-0.15, -0.1) is 0 Å². The predicted molar refractivity (Wildman–Crippen MR) is 84.2 cm³/mol. The highest BCUT2D eigenvalue weighted by Crippen LogP contribution is 2.18. The zero-order chi connectivity index (χ0) is 14.7. The van der Waals surface area contributed by atoms with Gasteiger partial charge in [-0.2, -0.15) is 0 Å². The third-order valence-electron chi connectivity index (χ3n) is 3.96. The van der Waals surface area contributed by atoms with Crippen LogP contribution in [0, 0.1) is 6.92 Å². The van der Waals surface area contributed by atoms with Crippen molar-refractivity contribution >= 4 is 5.91 Å². The molecule has 21 heavy (non-hydrogen) atoms. The molecule has 0 aliphatic carbocycles. The summed E-state index contributed by atoms with van der Waals surface area (Å²) in [6.45, 7) is 4.40. The van der Waals surface area contributed by atoms with Crippen LogP contribution in [0.25, 0.3) is 0 Å². The first-order valence-electron chi connectivity index (χ1n) is 7.39. The first kappa shape index (κ1) is 13.8. The molecule has 0 saturated heterocycles. The van der Waals surface area contributed by atoms with Crippen LogP contribution in [0.5, 0.6) is 0 Å². The summed E-state index contributed by atoms with van der Waals surface area (Å²) in [5, 5.41) is 6.35. The molecule has 2 N–H and O–H groups in total. The molecule has 1 amide bonds. The highest BCUT2D eigenvalue weighted by molar-refractivity contribution is 5.96. The van der Waals surface area contributed by atoms with Gasteiger partial charge in [0.15, 0.2) is 0 Å².